The summed E-state index contributed by atoms with van der Waals surface area (Å²) in [4.78, 5) is 0.0620. The molecule has 0 fully saturated rings. The van der Waals surface area contributed by atoms with Crippen LogP contribution in [0, 0.1) is 5.82 Å². The van der Waals surface area contributed by atoms with Gasteiger partial charge in [0.25, 0.3) is 10.0 Å². The molecule has 0 spiro atoms. The molecule has 0 bridgehead atoms. The third kappa shape index (κ3) is 5.20. The second-order valence-corrected chi connectivity index (χ2v) is 8.33. The first-order valence-corrected chi connectivity index (χ1v) is 10.7. The van der Waals surface area contributed by atoms with Gasteiger partial charge in [-0.05, 0) is 55.9 Å². The Morgan fingerprint density at radius 2 is 1.90 bits per heavy atom. The molecule has 0 aliphatic heterocycles. The molecule has 0 aliphatic rings. The highest BCUT2D eigenvalue weighted by Gasteiger charge is 2.23. The Morgan fingerprint density at radius 3 is 2.60 bits per heavy atom. The zero-order valence-electron chi connectivity index (χ0n) is 16.5. The van der Waals surface area contributed by atoms with E-state index in [0.717, 1.165) is 9.54 Å². The van der Waals surface area contributed by atoms with E-state index in [-0.39, 0.29) is 28.6 Å². The third-order valence-electron chi connectivity index (χ3n) is 4.35. The van der Waals surface area contributed by atoms with Crippen molar-refractivity contribution >= 4 is 22.4 Å². The topological polar surface area (TPSA) is 86.3 Å². The summed E-state index contributed by atoms with van der Waals surface area (Å²) in [5, 5.41) is 2.99. The Morgan fingerprint density at radius 1 is 1.13 bits per heavy atom. The Kier molecular flexibility index (Phi) is 8.43. The van der Waals surface area contributed by atoms with Gasteiger partial charge < -0.3 is 15.8 Å². The van der Waals surface area contributed by atoms with Crippen molar-refractivity contribution in [3.63, 3.8) is 0 Å². The number of hydrogen-bond acceptors (Lipinski definition) is 5. The summed E-state index contributed by atoms with van der Waals surface area (Å²) >= 11 is 0. The molecule has 0 unspecified atom stereocenters. The summed E-state index contributed by atoms with van der Waals surface area (Å²) in [6.45, 7) is 1.34. The first-order chi connectivity index (χ1) is 14.0. The van der Waals surface area contributed by atoms with Gasteiger partial charge in [-0.3, -0.25) is 0 Å². The fourth-order valence-electron chi connectivity index (χ4n) is 2.97. The Bertz CT molecular complexity index is 1090. The molecule has 0 radical (unpaired) electrons. The second kappa shape index (κ2) is 10.6. The molecular formula is C21H25ClFN3O3S. The lowest BCUT2D eigenvalue weighted by molar-refractivity contribution is 0.312. The molecule has 30 heavy (non-hydrogen) atoms. The third-order valence-corrected chi connectivity index (χ3v) is 6.02. The van der Waals surface area contributed by atoms with Crippen LogP contribution in [0.4, 0.5) is 4.39 Å². The Labute approximate surface area is 182 Å². The van der Waals surface area contributed by atoms with Crippen molar-refractivity contribution < 1.29 is 17.5 Å². The molecule has 0 saturated carbocycles. The summed E-state index contributed by atoms with van der Waals surface area (Å²) in [6.07, 6.45) is 2.18. The van der Waals surface area contributed by atoms with Crippen molar-refractivity contribution in [3.8, 4) is 17.0 Å². The molecular weight excluding hydrogens is 429 g/mol. The minimum Gasteiger partial charge on any atom is -0.494 e. The summed E-state index contributed by atoms with van der Waals surface area (Å²) in [7, 11) is -2.21. The lowest BCUT2D eigenvalue weighted by Gasteiger charge is -2.12. The smallest absolute Gasteiger partial charge is 0.268 e. The number of rotatable bonds is 9. The average Bonchev–Trinajstić information content (AvgIpc) is 3.14. The Balaban J connectivity index is 0.00000320. The van der Waals surface area contributed by atoms with Crippen LogP contribution < -0.4 is 15.8 Å². The molecule has 2 aromatic carbocycles. The van der Waals surface area contributed by atoms with E-state index >= 15 is 0 Å². The largest absolute Gasteiger partial charge is 0.494 e. The number of benzene rings is 2. The van der Waals surface area contributed by atoms with Gasteiger partial charge >= 0.3 is 0 Å². The van der Waals surface area contributed by atoms with Crippen LogP contribution in [-0.2, 0) is 16.6 Å². The minimum absolute atomic E-state index is 0. The number of ether oxygens (including phenoxy) is 1. The summed E-state index contributed by atoms with van der Waals surface area (Å²) in [5.74, 6) is -0.0495. The van der Waals surface area contributed by atoms with Crippen molar-refractivity contribution in [2.24, 2.45) is 5.73 Å². The van der Waals surface area contributed by atoms with E-state index in [4.69, 9.17) is 10.5 Å². The maximum absolute atomic E-state index is 14.4. The molecule has 3 rings (SSSR count). The van der Waals surface area contributed by atoms with Gasteiger partial charge in [-0.15, -0.1) is 12.4 Å². The van der Waals surface area contributed by atoms with Crippen molar-refractivity contribution in [2.75, 3.05) is 20.2 Å². The number of nitrogens with one attached hydrogen (secondary N) is 1. The number of nitrogens with two attached hydrogens (primary N) is 1. The van der Waals surface area contributed by atoms with Crippen LogP contribution in [0.3, 0.4) is 0 Å². The maximum atomic E-state index is 14.4. The second-order valence-electron chi connectivity index (χ2n) is 6.51. The first-order valence-electron chi connectivity index (χ1n) is 9.26. The van der Waals surface area contributed by atoms with Crippen LogP contribution in [0.5, 0.6) is 5.75 Å². The fourth-order valence-corrected chi connectivity index (χ4v) is 4.40. The highest BCUT2D eigenvalue weighted by Crippen LogP contribution is 2.30. The highest BCUT2D eigenvalue weighted by atomic mass is 35.5. The van der Waals surface area contributed by atoms with Gasteiger partial charge in [0.05, 0.1) is 17.2 Å². The van der Waals surface area contributed by atoms with E-state index < -0.39 is 15.8 Å². The van der Waals surface area contributed by atoms with Gasteiger partial charge in [0, 0.05) is 24.4 Å². The molecule has 0 amide bonds. The normalized spacial score (nSPS) is 11.2. The van der Waals surface area contributed by atoms with E-state index in [1.165, 1.54) is 24.4 Å². The van der Waals surface area contributed by atoms with Gasteiger partial charge in [0.15, 0.2) is 0 Å². The van der Waals surface area contributed by atoms with Crippen LogP contribution in [0.15, 0.2) is 65.7 Å². The summed E-state index contributed by atoms with van der Waals surface area (Å²) < 4.78 is 47.9. The lowest BCUT2D eigenvalue weighted by Crippen LogP contribution is -2.14. The molecule has 1 aromatic heterocycles. The maximum Gasteiger partial charge on any atom is 0.268 e. The van der Waals surface area contributed by atoms with Crippen LogP contribution in [-0.4, -0.2) is 32.6 Å². The molecule has 3 N–H and O–H groups in total. The van der Waals surface area contributed by atoms with Gasteiger partial charge in [-0.2, -0.15) is 0 Å². The predicted octanol–water partition coefficient (Wildman–Crippen LogP) is 3.40. The molecule has 0 atom stereocenters. The van der Waals surface area contributed by atoms with Crippen LogP contribution in [0.1, 0.15) is 12.0 Å². The van der Waals surface area contributed by atoms with Crippen LogP contribution in [0.2, 0.25) is 0 Å². The monoisotopic (exact) mass is 453 g/mol. The van der Waals surface area contributed by atoms with E-state index in [2.05, 4.69) is 5.32 Å². The SMILES string of the molecule is CNCc1cc(-c2ccccc2F)n(S(=O)(=O)c2cccc(OCCCN)c2)c1.Cl. The summed E-state index contributed by atoms with van der Waals surface area (Å²) in [6, 6.07) is 14.1. The van der Waals surface area contributed by atoms with Gasteiger partial charge in [-0.1, -0.05) is 18.2 Å². The van der Waals surface area contributed by atoms with Crippen LogP contribution >= 0.6 is 12.4 Å². The number of hydrogen-bond donors (Lipinski definition) is 2. The zero-order valence-corrected chi connectivity index (χ0v) is 18.2. The minimum atomic E-state index is -3.97. The van der Waals surface area contributed by atoms with E-state index in [0.29, 0.717) is 31.9 Å². The van der Waals surface area contributed by atoms with Crippen molar-refractivity contribution in [1.29, 1.82) is 0 Å². The molecule has 6 nitrogen and oxygen atoms in total. The van der Waals surface area contributed by atoms with E-state index in [1.807, 2.05) is 0 Å². The molecule has 9 heteroatoms. The molecule has 162 valence electrons. The molecule has 1 heterocycles. The van der Waals surface area contributed by atoms with Gasteiger partial charge in [-0.25, -0.2) is 16.8 Å². The fraction of sp³-hybridized carbons (Fsp3) is 0.238. The quantitative estimate of drug-likeness (QED) is 0.485. The zero-order chi connectivity index (χ0) is 20.9. The highest BCUT2D eigenvalue weighted by molar-refractivity contribution is 7.90. The van der Waals surface area contributed by atoms with E-state index in [1.54, 1.807) is 43.4 Å². The number of aromatic nitrogens is 1. The number of nitrogens with zero attached hydrogens (tertiary/aromatic N) is 1. The van der Waals surface area contributed by atoms with Crippen molar-refractivity contribution in [1.82, 2.24) is 9.29 Å². The first kappa shape index (κ1) is 23.9. The average molecular weight is 454 g/mol. The molecule has 0 saturated heterocycles. The van der Waals surface area contributed by atoms with Gasteiger partial charge in [0.2, 0.25) is 0 Å². The standard InChI is InChI=1S/C21H24FN3O3S.ClH/c1-24-14-16-12-21(19-8-2-3-9-20(19)22)25(15-16)29(26,27)18-7-4-6-17(13-18)28-11-5-10-23;/h2-4,6-9,12-13,15,24H,5,10-11,14,23H2,1H3;1H. The molecule has 3 aromatic rings. The molecule has 0 aliphatic carbocycles. The van der Waals surface area contributed by atoms with Crippen molar-refractivity contribution in [2.45, 2.75) is 17.9 Å². The predicted molar refractivity (Wildman–Crippen MR) is 118 cm³/mol. The summed E-state index contributed by atoms with van der Waals surface area (Å²) in [5.41, 5.74) is 6.67. The van der Waals surface area contributed by atoms with E-state index in [9.17, 15) is 12.8 Å². The van der Waals surface area contributed by atoms with Crippen molar-refractivity contribution in [3.05, 3.63) is 72.2 Å². The Hall–Kier alpha value is -2.39. The number of halogens is 2. The van der Waals surface area contributed by atoms with Gasteiger partial charge in [0.1, 0.15) is 11.6 Å². The van der Waals surface area contributed by atoms with Crippen LogP contribution in [0.25, 0.3) is 11.3 Å². The lowest BCUT2D eigenvalue weighted by atomic mass is 10.1.